The van der Waals surface area contributed by atoms with Crippen LogP contribution in [-0.2, 0) is 6.42 Å². The van der Waals surface area contributed by atoms with Crippen molar-refractivity contribution in [3.8, 4) is 5.75 Å². The molecule has 0 bridgehead atoms. The summed E-state index contributed by atoms with van der Waals surface area (Å²) in [4.78, 5) is 5.38. The summed E-state index contributed by atoms with van der Waals surface area (Å²) in [6.07, 6.45) is 15.9. The average Bonchev–Trinajstić information content (AvgIpc) is 3.00. The van der Waals surface area contributed by atoms with Gasteiger partial charge in [-0.2, -0.15) is 0 Å². The second-order valence-corrected chi connectivity index (χ2v) is 13.3. The summed E-state index contributed by atoms with van der Waals surface area (Å²) < 4.78 is 6.90. The third kappa shape index (κ3) is 8.72. The summed E-state index contributed by atoms with van der Waals surface area (Å²) in [5, 5.41) is 0. The Bertz CT molecular complexity index is 1490. The second kappa shape index (κ2) is 15.4. The van der Waals surface area contributed by atoms with E-state index in [-0.39, 0.29) is 5.60 Å². The highest BCUT2D eigenvalue weighted by atomic mass is 16.5. The molecule has 3 aromatic carbocycles. The van der Waals surface area contributed by atoms with E-state index >= 15 is 0 Å². The van der Waals surface area contributed by atoms with Gasteiger partial charge in [0.25, 0.3) is 0 Å². The smallest absolute Gasteiger partial charge is 0.126 e. The number of nitrogens with zero attached hydrogens (tertiary/aromatic N) is 1. The lowest BCUT2D eigenvalue weighted by atomic mass is 9.84. The van der Waals surface area contributed by atoms with Crippen LogP contribution in [0, 0.1) is 20.8 Å². The van der Waals surface area contributed by atoms with Gasteiger partial charge in [0.1, 0.15) is 11.4 Å². The molecule has 2 nitrogen and oxygen atoms in total. The highest BCUT2D eigenvalue weighted by molar-refractivity contribution is 6.14. The summed E-state index contributed by atoms with van der Waals surface area (Å²) >= 11 is 0. The normalized spacial score (nSPS) is 16.6. The van der Waals surface area contributed by atoms with Crippen LogP contribution >= 0.6 is 0 Å². The summed E-state index contributed by atoms with van der Waals surface area (Å²) in [6, 6.07) is 21.1. The lowest BCUT2D eigenvalue weighted by Crippen LogP contribution is -2.37. The Morgan fingerprint density at radius 1 is 0.727 bits per heavy atom. The van der Waals surface area contributed by atoms with Gasteiger partial charge in [-0.15, -0.1) is 0 Å². The molecule has 2 heteroatoms. The third-order valence-corrected chi connectivity index (χ3v) is 9.20. The lowest BCUT2D eigenvalue weighted by molar-refractivity contribution is 0.0560. The van der Waals surface area contributed by atoms with Crippen LogP contribution < -0.4 is 4.74 Å². The van der Waals surface area contributed by atoms with E-state index in [2.05, 4.69) is 134 Å². The quantitative estimate of drug-likeness (QED) is 0.153. The molecule has 0 N–H and O–H groups in total. The Hall–Kier alpha value is -3.65. The number of benzene rings is 3. The molecule has 0 saturated heterocycles. The molecule has 0 aromatic heterocycles. The highest BCUT2D eigenvalue weighted by Crippen LogP contribution is 2.45. The van der Waals surface area contributed by atoms with Gasteiger partial charge in [-0.25, -0.2) is 4.99 Å². The summed E-state index contributed by atoms with van der Waals surface area (Å²) in [7, 11) is 0. The van der Waals surface area contributed by atoms with Gasteiger partial charge in [-0.3, -0.25) is 0 Å². The van der Waals surface area contributed by atoms with Crippen LogP contribution in [0.4, 0.5) is 5.69 Å². The number of rotatable bonds is 12. The fraction of sp³-hybridized carbons (Fsp3) is 0.405. The molecule has 232 valence electrons. The molecule has 1 heterocycles. The van der Waals surface area contributed by atoms with Crippen molar-refractivity contribution in [2.24, 2.45) is 4.99 Å². The van der Waals surface area contributed by atoms with E-state index in [9.17, 15) is 0 Å². The Morgan fingerprint density at radius 2 is 1.27 bits per heavy atom. The Balaban J connectivity index is 1.48. The van der Waals surface area contributed by atoms with Gasteiger partial charge < -0.3 is 4.74 Å². The largest absolute Gasteiger partial charge is 0.487 e. The van der Waals surface area contributed by atoms with Gasteiger partial charge in [0.2, 0.25) is 0 Å². The van der Waals surface area contributed by atoms with Crippen molar-refractivity contribution < 1.29 is 4.74 Å². The van der Waals surface area contributed by atoms with Gasteiger partial charge in [-0.05, 0) is 129 Å². The molecule has 0 amide bonds. The molecule has 0 fully saturated rings. The number of allylic oxidation sites excluding steroid dienone is 6. The zero-order chi connectivity index (χ0) is 31.7. The molecular formula is C42H53NO. The first-order chi connectivity index (χ1) is 21.1. The predicted octanol–water partition coefficient (Wildman–Crippen LogP) is 12.1. The molecule has 4 rings (SSSR count). The molecule has 0 aliphatic carbocycles. The molecule has 1 aliphatic rings. The van der Waals surface area contributed by atoms with Crippen LogP contribution in [0.5, 0.6) is 5.75 Å². The van der Waals surface area contributed by atoms with Gasteiger partial charge in [0, 0.05) is 11.1 Å². The van der Waals surface area contributed by atoms with Crippen molar-refractivity contribution in [2.75, 3.05) is 0 Å². The van der Waals surface area contributed by atoms with Crippen molar-refractivity contribution in [1.29, 1.82) is 0 Å². The number of ether oxygens (including phenoxy) is 1. The zero-order valence-electron chi connectivity index (χ0n) is 28.5. The Morgan fingerprint density at radius 3 is 1.84 bits per heavy atom. The monoisotopic (exact) mass is 587 g/mol. The van der Waals surface area contributed by atoms with Crippen molar-refractivity contribution in [3.63, 3.8) is 0 Å². The van der Waals surface area contributed by atoms with Crippen LogP contribution in [0.15, 0.2) is 101 Å². The van der Waals surface area contributed by atoms with Crippen molar-refractivity contribution in [3.05, 3.63) is 129 Å². The topological polar surface area (TPSA) is 21.6 Å². The molecular weight excluding hydrogens is 534 g/mol. The molecule has 1 aliphatic heterocycles. The van der Waals surface area contributed by atoms with Crippen LogP contribution in [0.2, 0.25) is 0 Å². The first-order valence-corrected chi connectivity index (χ1v) is 16.5. The minimum atomic E-state index is -0.154. The standard InChI is InChI=1S/C42H53NO/c1-30(2)18-15-19-31(3)20-16-21-32(4)22-17-28-42(8)29-27-38-35(7)39(33(5)34(6)41(38)44-42)43-40(36-23-11-9-12-24-36)37-25-13-10-14-26-37/h9-14,18,20,22-26H,15-17,19,21,27-29H2,1-8H3/b31-20+,32-22+/t42-/m1/s1. The third-order valence-electron chi connectivity index (χ3n) is 9.20. The van der Waals surface area contributed by atoms with Gasteiger partial charge in [0.15, 0.2) is 0 Å². The molecule has 0 unspecified atom stereocenters. The maximum atomic E-state index is 6.90. The Labute approximate surface area is 267 Å². The van der Waals surface area contributed by atoms with E-state index in [1.165, 1.54) is 45.4 Å². The van der Waals surface area contributed by atoms with Crippen LogP contribution in [0.25, 0.3) is 0 Å². The number of aliphatic imine (C=N–C) groups is 1. The van der Waals surface area contributed by atoms with Gasteiger partial charge in [-0.1, -0.05) is 95.6 Å². The number of fused-ring (bicyclic) bond motifs is 1. The van der Waals surface area contributed by atoms with Crippen molar-refractivity contribution in [1.82, 2.24) is 0 Å². The number of hydrogen-bond acceptors (Lipinski definition) is 2. The highest BCUT2D eigenvalue weighted by Gasteiger charge is 2.34. The fourth-order valence-electron chi connectivity index (χ4n) is 6.20. The first kappa shape index (κ1) is 33.2. The molecule has 3 aromatic rings. The molecule has 0 radical (unpaired) electrons. The minimum absolute atomic E-state index is 0.154. The average molecular weight is 588 g/mol. The van der Waals surface area contributed by atoms with Crippen molar-refractivity contribution in [2.45, 2.75) is 112 Å². The van der Waals surface area contributed by atoms with E-state index in [1.54, 1.807) is 0 Å². The van der Waals surface area contributed by atoms with Crippen LogP contribution in [-0.4, -0.2) is 11.3 Å². The van der Waals surface area contributed by atoms with E-state index in [4.69, 9.17) is 9.73 Å². The minimum Gasteiger partial charge on any atom is -0.487 e. The summed E-state index contributed by atoms with van der Waals surface area (Å²) in [5.74, 6) is 1.09. The zero-order valence-corrected chi connectivity index (χ0v) is 28.5. The van der Waals surface area contributed by atoms with Gasteiger partial charge in [0.05, 0.1) is 11.4 Å². The van der Waals surface area contributed by atoms with Gasteiger partial charge >= 0.3 is 0 Å². The number of hydrogen-bond donors (Lipinski definition) is 0. The SMILES string of the molecule is CC(C)=CCC/C(C)=C/CC/C(C)=C/CC[C@]1(C)CCc2c(C)c(N=C(c3ccccc3)c3ccccc3)c(C)c(C)c2O1. The fourth-order valence-corrected chi connectivity index (χ4v) is 6.20. The molecule has 1 atom stereocenters. The lowest BCUT2D eigenvalue weighted by Gasteiger charge is -2.38. The summed E-state index contributed by atoms with van der Waals surface area (Å²) in [6.45, 7) is 17.8. The van der Waals surface area contributed by atoms with Crippen LogP contribution in [0.3, 0.4) is 0 Å². The van der Waals surface area contributed by atoms with Crippen molar-refractivity contribution >= 4 is 11.4 Å². The maximum absolute atomic E-state index is 6.90. The van der Waals surface area contributed by atoms with E-state index < -0.39 is 0 Å². The molecule has 0 spiro atoms. The van der Waals surface area contributed by atoms with E-state index in [1.807, 2.05) is 0 Å². The molecule has 44 heavy (non-hydrogen) atoms. The van der Waals surface area contributed by atoms with E-state index in [0.717, 1.165) is 73.2 Å². The van der Waals surface area contributed by atoms with E-state index in [0.29, 0.717) is 0 Å². The molecule has 0 saturated carbocycles. The Kier molecular flexibility index (Phi) is 11.6. The predicted molar refractivity (Wildman–Crippen MR) is 191 cm³/mol. The van der Waals surface area contributed by atoms with Crippen LogP contribution in [0.1, 0.15) is 113 Å². The summed E-state index contributed by atoms with van der Waals surface area (Å²) in [5.41, 5.74) is 13.6. The second-order valence-electron chi connectivity index (χ2n) is 13.3. The first-order valence-electron chi connectivity index (χ1n) is 16.5. The maximum Gasteiger partial charge on any atom is 0.126 e.